The number of rotatable bonds is 7. The molecular weight excluding hydrogens is 492 g/mol. The average molecular weight is 521 g/mol. The summed E-state index contributed by atoms with van der Waals surface area (Å²) < 4.78 is 34.0. The van der Waals surface area contributed by atoms with Gasteiger partial charge in [0.25, 0.3) is 5.91 Å². The Hall–Kier alpha value is -2.47. The van der Waals surface area contributed by atoms with Gasteiger partial charge in [0.2, 0.25) is 10.0 Å². The van der Waals surface area contributed by atoms with Gasteiger partial charge in [0, 0.05) is 37.7 Å². The van der Waals surface area contributed by atoms with Crippen molar-refractivity contribution in [1.29, 1.82) is 0 Å². The number of sulfonamides is 1. The molecule has 9 nitrogen and oxygen atoms in total. The fraction of sp³-hybridized carbons (Fsp3) is 0.375. The minimum atomic E-state index is -4.01. The highest BCUT2D eigenvalue weighted by Crippen LogP contribution is 2.25. The Bertz CT molecular complexity index is 1160. The number of amides is 1. The Labute approximate surface area is 210 Å². The number of hydrogen-bond acceptors (Lipinski definition) is 7. The van der Waals surface area contributed by atoms with Crippen LogP contribution in [0.25, 0.3) is 0 Å². The lowest BCUT2D eigenvalue weighted by Crippen LogP contribution is -2.47. The number of ether oxygens (including phenoxy) is 1. The van der Waals surface area contributed by atoms with Crippen LogP contribution in [0.1, 0.15) is 6.42 Å². The number of benzene rings is 2. The van der Waals surface area contributed by atoms with Gasteiger partial charge in [0.15, 0.2) is 0 Å². The molecule has 2 aromatic rings. The molecule has 2 aliphatic heterocycles. The predicted octanol–water partition coefficient (Wildman–Crippen LogP) is 2.57. The number of carbonyl (C=O) groups excluding carboxylic acids is 1. The van der Waals surface area contributed by atoms with E-state index >= 15 is 0 Å². The van der Waals surface area contributed by atoms with Crippen molar-refractivity contribution in [3.8, 4) is 11.5 Å². The predicted molar refractivity (Wildman–Crippen MR) is 132 cm³/mol. The Kier molecular flexibility index (Phi) is 8.10. The van der Waals surface area contributed by atoms with Crippen LogP contribution >= 0.6 is 11.6 Å². The lowest BCUT2D eigenvalue weighted by Gasteiger charge is -2.33. The van der Waals surface area contributed by atoms with Crippen molar-refractivity contribution in [2.45, 2.75) is 17.4 Å². The third-order valence-electron chi connectivity index (χ3n) is 6.05. The van der Waals surface area contributed by atoms with E-state index in [2.05, 4.69) is 21.6 Å². The van der Waals surface area contributed by atoms with Gasteiger partial charge in [0.05, 0.1) is 11.4 Å². The molecule has 1 atom stereocenters. The number of halogens is 1. The number of hydrogen-bond donors (Lipinski definition) is 2. The van der Waals surface area contributed by atoms with Crippen LogP contribution in [0.3, 0.4) is 0 Å². The molecule has 2 aromatic carbocycles. The third kappa shape index (κ3) is 6.81. The summed E-state index contributed by atoms with van der Waals surface area (Å²) in [7, 11) is -1.93. The van der Waals surface area contributed by atoms with Crippen LogP contribution in [0.2, 0.25) is 5.02 Å². The SMILES string of the molecule is CN1CCN(CC2=CCC(NS(=O)(=O)c3ccc(Oc4ccc(Cl)cc4)cc3)C(=O)N(O)C2)CC1. The normalized spacial score (nSPS) is 20.4. The highest BCUT2D eigenvalue weighted by atomic mass is 35.5. The molecule has 35 heavy (non-hydrogen) atoms. The van der Waals surface area contributed by atoms with Crippen molar-refractivity contribution in [2.24, 2.45) is 0 Å². The highest BCUT2D eigenvalue weighted by molar-refractivity contribution is 7.89. The number of piperazine rings is 1. The Morgan fingerprint density at radius 1 is 1.03 bits per heavy atom. The molecule has 4 rings (SSSR count). The summed E-state index contributed by atoms with van der Waals surface area (Å²) in [4.78, 5) is 17.2. The molecule has 1 saturated heterocycles. The molecule has 1 amide bonds. The molecule has 2 heterocycles. The van der Waals surface area contributed by atoms with E-state index in [0.717, 1.165) is 31.8 Å². The quantitative estimate of drug-likeness (QED) is 0.427. The first-order valence-electron chi connectivity index (χ1n) is 11.3. The number of likely N-dealkylation sites (N-methyl/N-ethyl adjacent to an activating group) is 1. The Morgan fingerprint density at radius 3 is 2.26 bits per heavy atom. The van der Waals surface area contributed by atoms with Crippen LogP contribution in [-0.2, 0) is 14.8 Å². The van der Waals surface area contributed by atoms with Gasteiger partial charge >= 0.3 is 0 Å². The molecule has 2 aliphatic rings. The van der Waals surface area contributed by atoms with E-state index in [4.69, 9.17) is 16.3 Å². The summed E-state index contributed by atoms with van der Waals surface area (Å²) in [5, 5.41) is 11.5. The van der Waals surface area contributed by atoms with E-state index in [0.29, 0.717) is 28.1 Å². The maximum absolute atomic E-state index is 12.9. The van der Waals surface area contributed by atoms with Gasteiger partial charge in [-0.1, -0.05) is 17.7 Å². The van der Waals surface area contributed by atoms with E-state index < -0.39 is 22.0 Å². The van der Waals surface area contributed by atoms with Crippen molar-refractivity contribution in [3.05, 3.63) is 65.2 Å². The molecule has 2 N–H and O–H groups in total. The second-order valence-corrected chi connectivity index (χ2v) is 10.9. The molecule has 1 fully saturated rings. The van der Waals surface area contributed by atoms with Gasteiger partial charge in [-0.25, -0.2) is 13.5 Å². The van der Waals surface area contributed by atoms with Gasteiger partial charge in [0.1, 0.15) is 17.5 Å². The molecule has 0 radical (unpaired) electrons. The highest BCUT2D eigenvalue weighted by Gasteiger charge is 2.31. The fourth-order valence-electron chi connectivity index (χ4n) is 3.99. The third-order valence-corrected chi connectivity index (χ3v) is 7.79. The van der Waals surface area contributed by atoms with Crippen LogP contribution in [0.15, 0.2) is 65.1 Å². The topological polar surface area (TPSA) is 102 Å². The van der Waals surface area contributed by atoms with Crippen molar-refractivity contribution >= 4 is 27.5 Å². The molecular formula is C24H29ClN4O5S. The summed E-state index contributed by atoms with van der Waals surface area (Å²) in [5.41, 5.74) is 0.885. The summed E-state index contributed by atoms with van der Waals surface area (Å²) in [5.74, 6) is 0.338. The zero-order valence-electron chi connectivity index (χ0n) is 19.4. The second-order valence-electron chi connectivity index (χ2n) is 8.77. The van der Waals surface area contributed by atoms with Gasteiger partial charge in [-0.2, -0.15) is 4.72 Å². The van der Waals surface area contributed by atoms with Crippen LogP contribution in [-0.4, -0.2) is 86.8 Å². The first-order chi connectivity index (χ1) is 16.7. The molecule has 11 heteroatoms. The maximum atomic E-state index is 12.9. The van der Waals surface area contributed by atoms with Crippen LogP contribution < -0.4 is 9.46 Å². The monoisotopic (exact) mass is 520 g/mol. The minimum absolute atomic E-state index is 0.0101. The molecule has 0 bridgehead atoms. The lowest BCUT2D eigenvalue weighted by molar-refractivity contribution is -0.164. The molecule has 0 saturated carbocycles. The first kappa shape index (κ1) is 25.6. The van der Waals surface area contributed by atoms with Crippen LogP contribution in [0.4, 0.5) is 0 Å². The van der Waals surface area contributed by atoms with Crippen molar-refractivity contribution in [1.82, 2.24) is 19.6 Å². The Balaban J connectivity index is 1.40. The zero-order chi connectivity index (χ0) is 25.0. The first-order valence-corrected chi connectivity index (χ1v) is 13.2. The van der Waals surface area contributed by atoms with E-state index in [1.54, 1.807) is 24.3 Å². The number of hydroxylamine groups is 2. The van der Waals surface area contributed by atoms with Gasteiger partial charge in [-0.15, -0.1) is 0 Å². The van der Waals surface area contributed by atoms with Gasteiger partial charge in [-0.3, -0.25) is 14.9 Å². The van der Waals surface area contributed by atoms with Crippen LogP contribution in [0, 0.1) is 0 Å². The molecule has 0 spiro atoms. The minimum Gasteiger partial charge on any atom is -0.457 e. The van der Waals surface area contributed by atoms with E-state index in [-0.39, 0.29) is 17.9 Å². The van der Waals surface area contributed by atoms with E-state index in [9.17, 15) is 18.4 Å². The van der Waals surface area contributed by atoms with Crippen molar-refractivity contribution in [3.63, 3.8) is 0 Å². The standard InChI is InChI=1S/C24H29ClN4O5S/c1-27-12-14-28(15-13-27)16-18-2-11-23(24(30)29(31)17-18)26-35(32,33)22-9-7-21(8-10-22)34-20-5-3-19(25)4-6-20/h2-10,23,26,31H,11-17H2,1H3. The van der Waals surface area contributed by atoms with Crippen molar-refractivity contribution < 1.29 is 23.2 Å². The molecule has 1 unspecified atom stereocenters. The summed E-state index contributed by atoms with van der Waals surface area (Å²) >= 11 is 5.87. The van der Waals surface area contributed by atoms with E-state index in [1.807, 2.05) is 6.08 Å². The second kappa shape index (κ2) is 11.1. The summed E-state index contributed by atoms with van der Waals surface area (Å²) in [6.07, 6.45) is 2.01. The van der Waals surface area contributed by atoms with E-state index in [1.165, 1.54) is 24.3 Å². The fourth-order valence-corrected chi connectivity index (χ4v) is 5.32. The number of nitrogens with zero attached hydrogens (tertiary/aromatic N) is 3. The molecule has 188 valence electrons. The lowest BCUT2D eigenvalue weighted by atomic mass is 10.1. The summed E-state index contributed by atoms with van der Waals surface area (Å²) in [6, 6.07) is 11.6. The molecule has 0 aliphatic carbocycles. The zero-order valence-corrected chi connectivity index (χ0v) is 21.0. The number of nitrogens with one attached hydrogen (secondary N) is 1. The van der Waals surface area contributed by atoms with Crippen molar-refractivity contribution in [2.75, 3.05) is 46.3 Å². The number of carbonyl (C=O) groups is 1. The van der Waals surface area contributed by atoms with Gasteiger partial charge < -0.3 is 9.64 Å². The van der Waals surface area contributed by atoms with Crippen LogP contribution in [0.5, 0.6) is 11.5 Å². The smallest absolute Gasteiger partial charge is 0.264 e. The Morgan fingerprint density at radius 2 is 1.63 bits per heavy atom. The molecule has 0 aromatic heterocycles. The average Bonchev–Trinajstić information content (AvgIpc) is 2.96. The maximum Gasteiger partial charge on any atom is 0.264 e. The summed E-state index contributed by atoms with van der Waals surface area (Å²) in [6.45, 7) is 4.41. The largest absolute Gasteiger partial charge is 0.457 e. The van der Waals surface area contributed by atoms with Gasteiger partial charge in [-0.05, 0) is 67.6 Å².